The maximum absolute atomic E-state index is 13.2. The third-order valence-electron chi connectivity index (χ3n) is 4.69. The Kier molecular flexibility index (Phi) is 8.91. The standard InChI is InChI=1S/C20H25N3O3S.C5H11NO2/c1-20(2,3)21-15-17(24)13-14-22-18-11-7-8-12-19(18)23(27(22,25)26)16-9-5-4-6-10-16;1-5(2,3)8-4(6)7/h4-12,21H,13-15H2,1-3H3;1-3H3,(H2,6,7). The second kappa shape index (κ2) is 11.1. The number of rotatable bonds is 6. The molecule has 0 atom stereocenters. The number of hydrogen-bond donors (Lipinski definition) is 2. The number of ether oxygens (including phenoxy) is 1. The molecule has 3 rings (SSSR count). The molecular formula is C25H36N4O5S. The summed E-state index contributed by atoms with van der Waals surface area (Å²) in [6.45, 7) is 11.6. The van der Waals surface area contributed by atoms with Gasteiger partial charge >= 0.3 is 16.3 Å². The van der Waals surface area contributed by atoms with E-state index in [4.69, 9.17) is 5.73 Å². The molecule has 2 aromatic carbocycles. The molecule has 1 heterocycles. The van der Waals surface area contributed by atoms with Gasteiger partial charge in [-0.05, 0) is 65.8 Å². The SMILES string of the molecule is CC(C)(C)NCC(=O)CCN1c2ccccc2N(c2ccccc2)S1(=O)=O.CC(C)(C)OC(N)=O. The molecule has 2 aromatic rings. The Morgan fingerprint density at radius 1 is 0.914 bits per heavy atom. The fourth-order valence-corrected chi connectivity index (χ4v) is 4.96. The van der Waals surface area contributed by atoms with Gasteiger partial charge in [-0.1, -0.05) is 30.3 Å². The summed E-state index contributed by atoms with van der Waals surface area (Å²) in [5.74, 6) is -0.0178. The highest BCUT2D eigenvalue weighted by atomic mass is 32.2. The lowest BCUT2D eigenvalue weighted by atomic mass is 10.1. The Balaban J connectivity index is 0.000000466. The normalized spacial score (nSPS) is 14.6. The summed E-state index contributed by atoms with van der Waals surface area (Å²) in [6, 6.07) is 16.1. The lowest BCUT2D eigenvalue weighted by Gasteiger charge is -2.22. The monoisotopic (exact) mass is 504 g/mol. The van der Waals surface area contributed by atoms with Crippen LogP contribution in [0.4, 0.5) is 21.9 Å². The topological polar surface area (TPSA) is 122 Å². The molecule has 1 amide bonds. The van der Waals surface area contributed by atoms with Crippen LogP contribution in [0.2, 0.25) is 0 Å². The third kappa shape index (κ3) is 8.25. The summed E-state index contributed by atoms with van der Waals surface area (Å²) in [5, 5.41) is 3.14. The molecule has 10 heteroatoms. The Morgan fingerprint density at radius 3 is 1.94 bits per heavy atom. The summed E-state index contributed by atoms with van der Waals surface area (Å²) in [6.07, 6.45) is -0.572. The molecule has 0 unspecified atom stereocenters. The molecule has 1 aliphatic heterocycles. The summed E-state index contributed by atoms with van der Waals surface area (Å²) in [4.78, 5) is 22.2. The van der Waals surface area contributed by atoms with E-state index in [-0.39, 0.29) is 30.8 Å². The van der Waals surface area contributed by atoms with Gasteiger partial charge in [0.2, 0.25) is 0 Å². The van der Waals surface area contributed by atoms with E-state index in [1.54, 1.807) is 63.2 Å². The number of nitrogens with one attached hydrogen (secondary N) is 1. The van der Waals surface area contributed by atoms with Crippen LogP contribution in [0.5, 0.6) is 0 Å². The molecular weight excluding hydrogens is 468 g/mol. The van der Waals surface area contributed by atoms with Crippen molar-refractivity contribution in [3.05, 3.63) is 54.6 Å². The molecule has 35 heavy (non-hydrogen) atoms. The average Bonchev–Trinajstić information content (AvgIpc) is 2.95. The quantitative estimate of drug-likeness (QED) is 0.610. The van der Waals surface area contributed by atoms with Gasteiger partial charge in [0.1, 0.15) is 11.4 Å². The lowest BCUT2D eigenvalue weighted by molar-refractivity contribution is -0.118. The van der Waals surface area contributed by atoms with E-state index in [0.29, 0.717) is 17.1 Å². The van der Waals surface area contributed by atoms with E-state index >= 15 is 0 Å². The first-order chi connectivity index (χ1) is 16.1. The van der Waals surface area contributed by atoms with Gasteiger partial charge in [-0.3, -0.25) is 9.10 Å². The minimum Gasteiger partial charge on any atom is -0.444 e. The average molecular weight is 505 g/mol. The second-order valence-corrected chi connectivity index (χ2v) is 11.8. The molecule has 1 aliphatic rings. The zero-order chi connectivity index (χ0) is 26.4. The molecule has 0 saturated carbocycles. The Bertz CT molecular complexity index is 1120. The Morgan fingerprint density at radius 2 is 1.46 bits per heavy atom. The number of nitrogens with zero attached hydrogens (tertiary/aromatic N) is 2. The minimum atomic E-state index is -3.79. The zero-order valence-electron chi connectivity index (χ0n) is 21.2. The van der Waals surface area contributed by atoms with Gasteiger partial charge in [-0.25, -0.2) is 9.10 Å². The molecule has 0 fully saturated rings. The smallest absolute Gasteiger partial charge is 0.405 e. The van der Waals surface area contributed by atoms with Gasteiger partial charge in [0.05, 0.1) is 23.6 Å². The highest BCUT2D eigenvalue weighted by molar-refractivity contribution is 7.95. The number of amides is 1. The van der Waals surface area contributed by atoms with Gasteiger partial charge in [-0.15, -0.1) is 0 Å². The predicted molar refractivity (Wildman–Crippen MR) is 139 cm³/mol. The van der Waals surface area contributed by atoms with Crippen LogP contribution in [0.25, 0.3) is 0 Å². The molecule has 9 nitrogen and oxygen atoms in total. The number of para-hydroxylation sites is 3. The first-order valence-corrected chi connectivity index (χ1v) is 12.7. The summed E-state index contributed by atoms with van der Waals surface area (Å²) in [5.41, 5.74) is 5.88. The van der Waals surface area contributed by atoms with Crippen LogP contribution in [-0.2, 0) is 19.7 Å². The van der Waals surface area contributed by atoms with E-state index in [1.165, 1.54) is 8.61 Å². The molecule has 3 N–H and O–H groups in total. The zero-order valence-corrected chi connectivity index (χ0v) is 22.1. The van der Waals surface area contributed by atoms with Crippen molar-refractivity contribution in [3.63, 3.8) is 0 Å². The number of ketones is 1. The van der Waals surface area contributed by atoms with Crippen molar-refractivity contribution in [2.24, 2.45) is 5.73 Å². The van der Waals surface area contributed by atoms with Crippen LogP contribution < -0.4 is 19.7 Å². The first-order valence-electron chi connectivity index (χ1n) is 11.3. The predicted octanol–water partition coefficient (Wildman–Crippen LogP) is 4.12. The maximum atomic E-state index is 13.2. The number of hydrogen-bond acceptors (Lipinski definition) is 6. The van der Waals surface area contributed by atoms with Gasteiger partial charge in [-0.2, -0.15) is 8.42 Å². The molecule has 0 bridgehead atoms. The fourth-order valence-electron chi connectivity index (χ4n) is 3.25. The second-order valence-electron chi connectivity index (χ2n) is 10.1. The summed E-state index contributed by atoms with van der Waals surface area (Å²) in [7, 11) is -3.79. The molecule has 0 saturated heterocycles. The van der Waals surface area contributed by atoms with Crippen molar-refractivity contribution in [2.75, 3.05) is 21.7 Å². The van der Waals surface area contributed by atoms with Crippen molar-refractivity contribution >= 4 is 39.1 Å². The van der Waals surface area contributed by atoms with Crippen molar-refractivity contribution in [1.82, 2.24) is 5.32 Å². The van der Waals surface area contributed by atoms with Crippen LogP contribution >= 0.6 is 0 Å². The molecule has 0 spiro atoms. The molecule has 192 valence electrons. The van der Waals surface area contributed by atoms with Gasteiger partial charge in [0, 0.05) is 18.5 Å². The first kappa shape index (κ1) is 28.1. The number of carbonyl (C=O) groups excluding carboxylic acids is 2. The molecule has 0 radical (unpaired) electrons. The number of carbonyl (C=O) groups is 2. The molecule has 0 aliphatic carbocycles. The van der Waals surface area contributed by atoms with E-state index in [2.05, 4.69) is 10.1 Å². The van der Waals surface area contributed by atoms with E-state index < -0.39 is 21.9 Å². The van der Waals surface area contributed by atoms with Crippen molar-refractivity contribution < 1.29 is 22.7 Å². The highest BCUT2D eigenvalue weighted by Crippen LogP contribution is 2.44. The van der Waals surface area contributed by atoms with Crippen molar-refractivity contribution in [3.8, 4) is 0 Å². The van der Waals surface area contributed by atoms with E-state index in [9.17, 15) is 18.0 Å². The van der Waals surface area contributed by atoms with Crippen LogP contribution in [0.1, 0.15) is 48.0 Å². The number of fused-ring (bicyclic) bond motifs is 1. The van der Waals surface area contributed by atoms with Gasteiger partial charge < -0.3 is 15.8 Å². The lowest BCUT2D eigenvalue weighted by Crippen LogP contribution is -2.41. The number of primary amides is 1. The van der Waals surface area contributed by atoms with Crippen LogP contribution in [0.15, 0.2) is 54.6 Å². The van der Waals surface area contributed by atoms with Crippen LogP contribution in [0.3, 0.4) is 0 Å². The van der Waals surface area contributed by atoms with Gasteiger partial charge in [0.15, 0.2) is 0 Å². The van der Waals surface area contributed by atoms with Gasteiger partial charge in [0.25, 0.3) is 0 Å². The van der Waals surface area contributed by atoms with Crippen molar-refractivity contribution in [1.29, 1.82) is 0 Å². The number of Topliss-reactive ketones (excluding diaryl/α,β-unsaturated/α-hetero) is 1. The fraction of sp³-hybridized carbons (Fsp3) is 0.440. The Hall–Kier alpha value is -3.11. The highest BCUT2D eigenvalue weighted by Gasteiger charge is 2.41. The number of nitrogens with two attached hydrogens (primary N) is 1. The minimum absolute atomic E-state index is 0.0178. The maximum Gasteiger partial charge on any atom is 0.405 e. The summed E-state index contributed by atoms with van der Waals surface area (Å²) < 4.78 is 33.6. The number of benzene rings is 2. The van der Waals surface area contributed by atoms with Crippen LogP contribution in [0, 0.1) is 0 Å². The largest absolute Gasteiger partial charge is 0.444 e. The van der Waals surface area contributed by atoms with E-state index in [0.717, 1.165) is 0 Å². The molecule has 0 aromatic heterocycles. The van der Waals surface area contributed by atoms with Crippen LogP contribution in [-0.4, -0.2) is 44.5 Å². The Labute approximate surface area is 208 Å². The van der Waals surface area contributed by atoms with E-state index in [1.807, 2.05) is 32.9 Å². The number of anilines is 3. The van der Waals surface area contributed by atoms with Crippen molar-refractivity contribution in [2.45, 2.75) is 59.1 Å². The summed E-state index contributed by atoms with van der Waals surface area (Å²) >= 11 is 0. The third-order valence-corrected chi connectivity index (χ3v) is 6.49.